The molecule has 2 rings (SSSR count). The summed E-state index contributed by atoms with van der Waals surface area (Å²) in [5.41, 5.74) is 1.69. The third-order valence-electron chi connectivity index (χ3n) is 2.58. The van der Waals surface area contributed by atoms with Crippen LogP contribution in [-0.4, -0.2) is 19.1 Å². The highest BCUT2D eigenvalue weighted by Gasteiger charge is 2.21. The van der Waals surface area contributed by atoms with Crippen molar-refractivity contribution in [3.8, 4) is 5.75 Å². The Kier molecular flexibility index (Phi) is 3.19. The second-order valence-electron chi connectivity index (χ2n) is 4.13. The average molecular weight is 284 g/mol. The molecule has 4 heteroatoms. The molecule has 0 spiro atoms. The molecule has 0 radical (unpaired) electrons. The number of amides is 1. The zero-order chi connectivity index (χ0) is 11.7. The van der Waals surface area contributed by atoms with Gasteiger partial charge in [-0.15, -0.1) is 0 Å². The van der Waals surface area contributed by atoms with Gasteiger partial charge in [-0.05, 0) is 23.6 Å². The van der Waals surface area contributed by atoms with Gasteiger partial charge in [0.2, 0.25) is 0 Å². The van der Waals surface area contributed by atoms with E-state index in [4.69, 9.17) is 4.74 Å². The molecule has 0 aliphatic carbocycles. The quantitative estimate of drug-likeness (QED) is 0.861. The number of hydrogen-bond acceptors (Lipinski definition) is 2. The number of hydrogen-bond donors (Lipinski definition) is 1. The fraction of sp³-hybridized carbons (Fsp3) is 0.417. The Morgan fingerprint density at radius 3 is 2.88 bits per heavy atom. The summed E-state index contributed by atoms with van der Waals surface area (Å²) in [4.78, 5) is 11.8. The maximum atomic E-state index is 11.8. The topological polar surface area (TPSA) is 38.3 Å². The van der Waals surface area contributed by atoms with Crippen molar-refractivity contribution in [3.63, 3.8) is 0 Å². The lowest BCUT2D eigenvalue weighted by atomic mass is 9.99. The first-order chi connectivity index (χ1) is 7.59. The van der Waals surface area contributed by atoms with Crippen molar-refractivity contribution in [3.05, 3.63) is 27.7 Å². The van der Waals surface area contributed by atoms with Crippen molar-refractivity contribution in [1.82, 2.24) is 5.32 Å². The van der Waals surface area contributed by atoms with Crippen LogP contribution in [0, 0.1) is 0 Å². The SMILES string of the molecule is CC(C)c1cc(Br)cc2c1OCCNC2=O. The number of benzene rings is 1. The van der Waals surface area contributed by atoms with Crippen LogP contribution < -0.4 is 10.1 Å². The lowest BCUT2D eigenvalue weighted by Crippen LogP contribution is -2.24. The number of fused-ring (bicyclic) bond motifs is 1. The van der Waals surface area contributed by atoms with Gasteiger partial charge in [0.25, 0.3) is 5.91 Å². The first kappa shape index (κ1) is 11.5. The van der Waals surface area contributed by atoms with Gasteiger partial charge in [-0.3, -0.25) is 4.79 Å². The van der Waals surface area contributed by atoms with Gasteiger partial charge in [-0.2, -0.15) is 0 Å². The smallest absolute Gasteiger partial charge is 0.255 e. The zero-order valence-corrected chi connectivity index (χ0v) is 10.9. The van der Waals surface area contributed by atoms with E-state index < -0.39 is 0 Å². The van der Waals surface area contributed by atoms with E-state index in [2.05, 4.69) is 35.1 Å². The molecule has 0 saturated carbocycles. The molecule has 0 saturated heterocycles. The van der Waals surface area contributed by atoms with Gasteiger partial charge in [-0.1, -0.05) is 29.8 Å². The minimum absolute atomic E-state index is 0.0595. The van der Waals surface area contributed by atoms with Crippen LogP contribution in [0.5, 0.6) is 5.75 Å². The van der Waals surface area contributed by atoms with E-state index in [1.807, 2.05) is 12.1 Å². The van der Waals surface area contributed by atoms with E-state index in [1.54, 1.807) is 0 Å². The lowest BCUT2D eigenvalue weighted by molar-refractivity contribution is 0.0957. The predicted molar refractivity (Wildman–Crippen MR) is 66.1 cm³/mol. The second-order valence-corrected chi connectivity index (χ2v) is 5.05. The molecule has 1 aliphatic heterocycles. The zero-order valence-electron chi connectivity index (χ0n) is 9.34. The molecule has 0 aromatic heterocycles. The molecular weight excluding hydrogens is 270 g/mol. The van der Waals surface area contributed by atoms with E-state index >= 15 is 0 Å². The van der Waals surface area contributed by atoms with Crippen LogP contribution in [0.4, 0.5) is 0 Å². The van der Waals surface area contributed by atoms with Crippen LogP contribution in [0.2, 0.25) is 0 Å². The number of halogens is 1. The van der Waals surface area contributed by atoms with Gasteiger partial charge in [0.05, 0.1) is 12.1 Å². The second kappa shape index (κ2) is 4.45. The maximum Gasteiger partial charge on any atom is 0.255 e. The highest BCUT2D eigenvalue weighted by Crippen LogP contribution is 2.34. The number of nitrogens with one attached hydrogen (secondary N) is 1. The van der Waals surface area contributed by atoms with E-state index in [1.165, 1.54) is 0 Å². The van der Waals surface area contributed by atoms with Crippen LogP contribution in [0.15, 0.2) is 16.6 Å². The van der Waals surface area contributed by atoms with Gasteiger partial charge in [0.1, 0.15) is 12.4 Å². The number of rotatable bonds is 1. The van der Waals surface area contributed by atoms with Crippen LogP contribution >= 0.6 is 15.9 Å². The molecule has 1 aromatic rings. The maximum absolute atomic E-state index is 11.8. The van der Waals surface area contributed by atoms with Crippen molar-refractivity contribution in [1.29, 1.82) is 0 Å². The molecule has 86 valence electrons. The van der Waals surface area contributed by atoms with E-state index in [9.17, 15) is 4.79 Å². The van der Waals surface area contributed by atoms with Gasteiger partial charge in [0, 0.05) is 4.47 Å². The molecule has 1 heterocycles. The summed E-state index contributed by atoms with van der Waals surface area (Å²) in [5.74, 6) is 1.00. The van der Waals surface area contributed by atoms with Crippen LogP contribution in [0.1, 0.15) is 35.7 Å². The Morgan fingerprint density at radius 2 is 2.19 bits per heavy atom. The minimum atomic E-state index is -0.0595. The fourth-order valence-corrected chi connectivity index (χ4v) is 2.26. The first-order valence-corrected chi connectivity index (χ1v) is 6.13. The summed E-state index contributed by atoms with van der Waals surface area (Å²) in [6.45, 7) is 5.27. The Labute approximate surface area is 103 Å². The molecule has 1 N–H and O–H groups in total. The highest BCUT2D eigenvalue weighted by molar-refractivity contribution is 9.10. The fourth-order valence-electron chi connectivity index (χ4n) is 1.79. The summed E-state index contributed by atoms with van der Waals surface area (Å²) in [6, 6.07) is 3.82. The van der Waals surface area contributed by atoms with Gasteiger partial charge in [0.15, 0.2) is 0 Å². The average Bonchev–Trinajstić information content (AvgIpc) is 2.40. The summed E-state index contributed by atoms with van der Waals surface area (Å²) in [7, 11) is 0. The Balaban J connectivity index is 2.60. The largest absolute Gasteiger partial charge is 0.491 e. The molecule has 0 atom stereocenters. The van der Waals surface area contributed by atoms with Crippen LogP contribution in [0.25, 0.3) is 0 Å². The van der Waals surface area contributed by atoms with E-state index in [0.717, 1.165) is 15.8 Å². The van der Waals surface area contributed by atoms with Crippen molar-refractivity contribution >= 4 is 21.8 Å². The third-order valence-corrected chi connectivity index (χ3v) is 3.04. The first-order valence-electron chi connectivity index (χ1n) is 5.34. The Bertz CT molecular complexity index is 429. The molecule has 0 bridgehead atoms. The standard InChI is InChI=1S/C12H14BrNO2/c1-7(2)9-5-8(13)6-10-11(9)16-4-3-14-12(10)15/h5-7H,3-4H2,1-2H3,(H,14,15). The molecule has 0 unspecified atom stereocenters. The van der Waals surface area contributed by atoms with E-state index in [0.29, 0.717) is 24.6 Å². The molecule has 16 heavy (non-hydrogen) atoms. The summed E-state index contributed by atoms with van der Waals surface area (Å²) >= 11 is 3.43. The van der Waals surface area contributed by atoms with Gasteiger partial charge in [-0.25, -0.2) is 0 Å². The van der Waals surface area contributed by atoms with Crippen LogP contribution in [-0.2, 0) is 0 Å². The van der Waals surface area contributed by atoms with Crippen molar-refractivity contribution in [2.75, 3.05) is 13.2 Å². The monoisotopic (exact) mass is 283 g/mol. The number of ether oxygens (including phenoxy) is 1. The number of carbonyl (C=O) groups excluding carboxylic acids is 1. The third kappa shape index (κ3) is 2.07. The summed E-state index contributed by atoms with van der Waals surface area (Å²) in [6.07, 6.45) is 0. The normalized spacial score (nSPS) is 15.1. The summed E-state index contributed by atoms with van der Waals surface area (Å²) in [5, 5.41) is 2.81. The highest BCUT2D eigenvalue weighted by atomic mass is 79.9. The lowest BCUT2D eigenvalue weighted by Gasteiger charge is -2.15. The van der Waals surface area contributed by atoms with Gasteiger partial charge >= 0.3 is 0 Å². The molecular formula is C12H14BrNO2. The summed E-state index contributed by atoms with van der Waals surface area (Å²) < 4.78 is 6.57. The number of carbonyl (C=O) groups is 1. The van der Waals surface area contributed by atoms with Gasteiger partial charge < -0.3 is 10.1 Å². The molecule has 3 nitrogen and oxygen atoms in total. The Morgan fingerprint density at radius 1 is 1.44 bits per heavy atom. The van der Waals surface area contributed by atoms with Crippen LogP contribution in [0.3, 0.4) is 0 Å². The van der Waals surface area contributed by atoms with Crippen molar-refractivity contribution in [2.24, 2.45) is 0 Å². The Hall–Kier alpha value is -1.03. The van der Waals surface area contributed by atoms with E-state index in [-0.39, 0.29) is 5.91 Å². The molecule has 1 aromatic carbocycles. The molecule has 0 fully saturated rings. The molecule has 1 aliphatic rings. The minimum Gasteiger partial charge on any atom is -0.491 e. The predicted octanol–water partition coefficient (Wildman–Crippen LogP) is 2.69. The van der Waals surface area contributed by atoms with Crippen molar-refractivity contribution < 1.29 is 9.53 Å². The van der Waals surface area contributed by atoms with Crippen molar-refractivity contribution in [2.45, 2.75) is 19.8 Å². The molecule has 1 amide bonds.